The highest BCUT2D eigenvalue weighted by molar-refractivity contribution is 6.08. The number of rotatable bonds is 3. The van der Waals surface area contributed by atoms with Crippen LogP contribution < -0.4 is 10.1 Å². The summed E-state index contributed by atoms with van der Waals surface area (Å²) in [5.74, 6) is 0.251. The van der Waals surface area contributed by atoms with Gasteiger partial charge >= 0.3 is 0 Å². The van der Waals surface area contributed by atoms with Gasteiger partial charge in [-0.05, 0) is 49.2 Å². The van der Waals surface area contributed by atoms with Crippen LogP contribution in [0.15, 0.2) is 42.5 Å². The predicted octanol–water partition coefficient (Wildman–Crippen LogP) is 3.53. The summed E-state index contributed by atoms with van der Waals surface area (Å²) in [6.07, 6.45) is 3.37. The molecule has 1 N–H and O–H groups in total. The van der Waals surface area contributed by atoms with Gasteiger partial charge in [-0.2, -0.15) is 0 Å². The number of hydrogen-bond acceptors (Lipinski definition) is 3. The predicted molar refractivity (Wildman–Crippen MR) is 89.8 cm³/mol. The van der Waals surface area contributed by atoms with Crippen molar-refractivity contribution in [2.75, 3.05) is 11.9 Å². The van der Waals surface area contributed by atoms with Crippen molar-refractivity contribution >= 4 is 23.5 Å². The van der Waals surface area contributed by atoms with Crippen molar-refractivity contribution in [2.24, 2.45) is 0 Å². The Kier molecular flexibility index (Phi) is 3.98. The number of anilines is 1. The first-order valence-corrected chi connectivity index (χ1v) is 7.39. The summed E-state index contributed by atoms with van der Waals surface area (Å²) in [4.78, 5) is 23.7. The summed E-state index contributed by atoms with van der Waals surface area (Å²) in [5, 5.41) is 2.71. The number of amides is 1. The van der Waals surface area contributed by atoms with Gasteiger partial charge in [0.05, 0.1) is 5.69 Å². The van der Waals surface area contributed by atoms with Crippen LogP contribution in [0.1, 0.15) is 27.0 Å². The van der Waals surface area contributed by atoms with E-state index in [1.807, 2.05) is 38.1 Å². The summed E-state index contributed by atoms with van der Waals surface area (Å²) in [5.41, 5.74) is 4.33. The first-order chi connectivity index (χ1) is 11.0. The molecule has 3 rings (SSSR count). The molecule has 2 aromatic carbocycles. The molecule has 0 fully saturated rings. The molecule has 0 saturated heterocycles. The highest BCUT2D eigenvalue weighted by atomic mass is 16.5. The molecule has 2 aromatic rings. The third kappa shape index (κ3) is 3.31. The summed E-state index contributed by atoms with van der Waals surface area (Å²) in [6, 6.07) is 11.2. The van der Waals surface area contributed by atoms with E-state index in [1.165, 1.54) is 0 Å². The number of allylic oxidation sites excluding steroid dienone is 1. The average Bonchev–Trinajstić information content (AvgIpc) is 2.54. The van der Waals surface area contributed by atoms with Gasteiger partial charge in [0.25, 0.3) is 5.91 Å². The smallest absolute Gasteiger partial charge is 0.262 e. The van der Waals surface area contributed by atoms with Crippen molar-refractivity contribution in [3.05, 3.63) is 64.7 Å². The van der Waals surface area contributed by atoms with Gasteiger partial charge in [-0.1, -0.05) is 29.8 Å². The third-order valence-electron chi connectivity index (χ3n) is 3.75. The molecule has 1 aliphatic heterocycles. The van der Waals surface area contributed by atoms with Gasteiger partial charge < -0.3 is 10.1 Å². The van der Waals surface area contributed by atoms with Crippen LogP contribution in [0.4, 0.5) is 5.69 Å². The molecule has 0 aromatic heterocycles. The van der Waals surface area contributed by atoms with E-state index in [2.05, 4.69) is 5.32 Å². The minimum atomic E-state index is -0.215. The maximum absolute atomic E-state index is 12.3. The SMILES string of the molecule is Cc1ccc(C)c(C=CC(=O)c2ccc3c(c2)NC(=O)CO3)c1. The zero-order valence-electron chi connectivity index (χ0n) is 13.1. The molecular weight excluding hydrogens is 290 g/mol. The molecule has 23 heavy (non-hydrogen) atoms. The molecule has 0 bridgehead atoms. The Labute approximate surface area is 134 Å². The molecule has 1 amide bonds. The molecule has 1 aliphatic rings. The van der Waals surface area contributed by atoms with E-state index in [-0.39, 0.29) is 18.3 Å². The number of hydrogen-bond donors (Lipinski definition) is 1. The number of carbonyl (C=O) groups is 2. The van der Waals surface area contributed by atoms with Gasteiger partial charge in [0, 0.05) is 5.56 Å². The number of fused-ring (bicyclic) bond motifs is 1. The van der Waals surface area contributed by atoms with Crippen LogP contribution in [-0.4, -0.2) is 18.3 Å². The van der Waals surface area contributed by atoms with Crippen molar-refractivity contribution in [1.82, 2.24) is 0 Å². The Hall–Kier alpha value is -2.88. The van der Waals surface area contributed by atoms with E-state index >= 15 is 0 Å². The van der Waals surface area contributed by atoms with Crippen LogP contribution in [0.2, 0.25) is 0 Å². The molecule has 1 heterocycles. The van der Waals surface area contributed by atoms with E-state index in [0.29, 0.717) is 17.0 Å². The van der Waals surface area contributed by atoms with E-state index < -0.39 is 0 Å². The standard InChI is InChI=1S/C19H17NO3/c1-12-3-4-13(2)14(9-12)5-7-17(21)15-6-8-18-16(10-15)20-19(22)11-23-18/h3-10H,11H2,1-2H3,(H,20,22). The quantitative estimate of drug-likeness (QED) is 0.697. The van der Waals surface area contributed by atoms with Crippen LogP contribution in [0.25, 0.3) is 6.08 Å². The number of nitrogens with one attached hydrogen (secondary N) is 1. The van der Waals surface area contributed by atoms with Gasteiger partial charge in [0.2, 0.25) is 0 Å². The normalized spacial score (nSPS) is 13.4. The van der Waals surface area contributed by atoms with Gasteiger partial charge in [-0.3, -0.25) is 9.59 Å². The number of ether oxygens (including phenoxy) is 1. The monoisotopic (exact) mass is 307 g/mol. The number of carbonyl (C=O) groups excluding carboxylic acids is 2. The maximum atomic E-state index is 12.3. The second-order valence-corrected chi connectivity index (χ2v) is 5.61. The number of benzene rings is 2. The zero-order chi connectivity index (χ0) is 16.4. The lowest BCUT2D eigenvalue weighted by molar-refractivity contribution is -0.118. The first kappa shape index (κ1) is 15.0. The minimum absolute atomic E-state index is 0.00678. The highest BCUT2D eigenvalue weighted by Gasteiger charge is 2.17. The third-order valence-corrected chi connectivity index (χ3v) is 3.75. The first-order valence-electron chi connectivity index (χ1n) is 7.39. The largest absolute Gasteiger partial charge is 0.482 e. The van der Waals surface area contributed by atoms with Gasteiger partial charge in [-0.25, -0.2) is 0 Å². The Morgan fingerprint density at radius 3 is 2.83 bits per heavy atom. The second kappa shape index (κ2) is 6.08. The fraction of sp³-hybridized carbons (Fsp3) is 0.158. The Bertz CT molecular complexity index is 821. The van der Waals surface area contributed by atoms with Crippen molar-refractivity contribution < 1.29 is 14.3 Å². The molecule has 0 spiro atoms. The lowest BCUT2D eigenvalue weighted by atomic mass is 10.0. The molecule has 0 radical (unpaired) electrons. The minimum Gasteiger partial charge on any atom is -0.482 e. The van der Waals surface area contributed by atoms with Crippen LogP contribution in [0, 0.1) is 13.8 Å². The fourth-order valence-corrected chi connectivity index (χ4v) is 2.44. The second-order valence-electron chi connectivity index (χ2n) is 5.61. The van der Waals surface area contributed by atoms with Crippen molar-refractivity contribution in [3.63, 3.8) is 0 Å². The van der Waals surface area contributed by atoms with Gasteiger partial charge in [-0.15, -0.1) is 0 Å². The Morgan fingerprint density at radius 2 is 2.00 bits per heavy atom. The molecule has 0 saturated carbocycles. The van der Waals surface area contributed by atoms with E-state index in [1.54, 1.807) is 24.3 Å². The molecule has 4 heteroatoms. The lowest BCUT2D eigenvalue weighted by Gasteiger charge is -2.17. The number of aryl methyl sites for hydroxylation is 2. The van der Waals surface area contributed by atoms with Crippen LogP contribution >= 0.6 is 0 Å². The summed E-state index contributed by atoms with van der Waals surface area (Å²) in [6.45, 7) is 4.03. The lowest BCUT2D eigenvalue weighted by Crippen LogP contribution is -2.25. The molecule has 0 atom stereocenters. The van der Waals surface area contributed by atoms with Crippen LogP contribution in [0.3, 0.4) is 0 Å². The van der Waals surface area contributed by atoms with E-state index in [9.17, 15) is 9.59 Å². The number of ketones is 1. The molecule has 0 aliphatic carbocycles. The Morgan fingerprint density at radius 1 is 1.17 bits per heavy atom. The molecule has 0 unspecified atom stereocenters. The fourth-order valence-electron chi connectivity index (χ4n) is 2.44. The van der Waals surface area contributed by atoms with Crippen molar-refractivity contribution in [1.29, 1.82) is 0 Å². The zero-order valence-corrected chi connectivity index (χ0v) is 13.1. The van der Waals surface area contributed by atoms with Crippen molar-refractivity contribution in [2.45, 2.75) is 13.8 Å². The molecule has 4 nitrogen and oxygen atoms in total. The summed E-state index contributed by atoms with van der Waals surface area (Å²) in [7, 11) is 0. The Balaban J connectivity index is 1.83. The van der Waals surface area contributed by atoms with Crippen LogP contribution in [0.5, 0.6) is 5.75 Å². The highest BCUT2D eigenvalue weighted by Crippen LogP contribution is 2.28. The molecular formula is C19H17NO3. The average molecular weight is 307 g/mol. The molecule has 116 valence electrons. The van der Waals surface area contributed by atoms with E-state index in [0.717, 1.165) is 16.7 Å². The van der Waals surface area contributed by atoms with Crippen LogP contribution in [-0.2, 0) is 4.79 Å². The van der Waals surface area contributed by atoms with Gasteiger partial charge in [0.15, 0.2) is 12.4 Å². The van der Waals surface area contributed by atoms with E-state index in [4.69, 9.17) is 4.74 Å². The van der Waals surface area contributed by atoms with Gasteiger partial charge in [0.1, 0.15) is 5.75 Å². The summed E-state index contributed by atoms with van der Waals surface area (Å²) >= 11 is 0. The summed E-state index contributed by atoms with van der Waals surface area (Å²) < 4.78 is 5.29. The van der Waals surface area contributed by atoms with Crippen molar-refractivity contribution in [3.8, 4) is 5.75 Å². The topological polar surface area (TPSA) is 55.4 Å². The maximum Gasteiger partial charge on any atom is 0.262 e.